The van der Waals surface area contributed by atoms with E-state index in [2.05, 4.69) is 20.4 Å². The highest BCUT2D eigenvalue weighted by atomic mass is 16.6. The molecule has 0 aromatic heterocycles. The van der Waals surface area contributed by atoms with Crippen LogP contribution in [0.5, 0.6) is 0 Å². The second kappa shape index (κ2) is 3.99. The van der Waals surface area contributed by atoms with E-state index in [-0.39, 0.29) is 28.1 Å². The number of carbonyl (C=O) groups excluding carboxylic acids is 2. The Hall–Kier alpha value is -1.12. The number of ketones is 1. The molecule has 0 heterocycles. The Morgan fingerprint density at radius 3 is 2.52 bits per heavy atom. The molecule has 0 aliphatic heterocycles. The van der Waals surface area contributed by atoms with Gasteiger partial charge in [0.2, 0.25) is 0 Å². The fourth-order valence-corrected chi connectivity index (χ4v) is 6.05. The van der Waals surface area contributed by atoms with E-state index in [0.29, 0.717) is 5.78 Å². The summed E-state index contributed by atoms with van der Waals surface area (Å²) in [5.74, 6) is 0.233. The Morgan fingerprint density at radius 1 is 1.29 bits per heavy atom. The van der Waals surface area contributed by atoms with Gasteiger partial charge in [0.25, 0.3) is 0 Å². The molecule has 116 valence electrons. The van der Waals surface area contributed by atoms with Crippen molar-refractivity contribution in [3.63, 3.8) is 0 Å². The van der Waals surface area contributed by atoms with Crippen molar-refractivity contribution < 1.29 is 14.3 Å². The molecule has 4 bridgehead atoms. The minimum absolute atomic E-state index is 0.0791. The average Bonchev–Trinajstić information content (AvgIpc) is 2.32. The van der Waals surface area contributed by atoms with Gasteiger partial charge in [-0.2, -0.15) is 0 Å². The van der Waals surface area contributed by atoms with E-state index in [1.165, 1.54) is 6.08 Å². The van der Waals surface area contributed by atoms with Crippen LogP contribution in [0.15, 0.2) is 12.7 Å². The van der Waals surface area contributed by atoms with E-state index < -0.39 is 5.60 Å². The van der Waals surface area contributed by atoms with Crippen molar-refractivity contribution in [1.29, 1.82) is 0 Å². The number of hydrogen-bond donors (Lipinski definition) is 0. The maximum atomic E-state index is 12.7. The van der Waals surface area contributed by atoms with Crippen molar-refractivity contribution in [3.05, 3.63) is 12.7 Å². The van der Waals surface area contributed by atoms with Crippen LogP contribution in [0.4, 0.5) is 0 Å². The summed E-state index contributed by atoms with van der Waals surface area (Å²) in [7, 11) is 0. The molecule has 4 rings (SSSR count). The zero-order chi connectivity index (χ0) is 15.7. The van der Waals surface area contributed by atoms with Crippen molar-refractivity contribution in [1.82, 2.24) is 0 Å². The van der Waals surface area contributed by atoms with E-state index in [1.807, 2.05) is 13.8 Å². The normalized spacial score (nSPS) is 44.8. The molecule has 4 aliphatic rings. The van der Waals surface area contributed by atoms with Gasteiger partial charge in [-0.05, 0) is 51.4 Å². The van der Waals surface area contributed by atoms with Crippen molar-refractivity contribution in [3.8, 4) is 0 Å². The third-order valence-electron chi connectivity index (χ3n) is 6.45. The molecule has 0 N–H and O–H groups in total. The monoisotopic (exact) mass is 290 g/mol. The summed E-state index contributed by atoms with van der Waals surface area (Å²) in [6, 6.07) is 0. The Bertz CT molecular complexity index is 535. The Labute approximate surface area is 127 Å². The highest BCUT2D eigenvalue weighted by molar-refractivity contribution is 5.89. The van der Waals surface area contributed by atoms with Gasteiger partial charge in [-0.15, -0.1) is 0 Å². The molecular weight excluding hydrogens is 264 g/mol. The molecular formula is C18H26O3. The van der Waals surface area contributed by atoms with E-state index in [4.69, 9.17) is 4.74 Å². The second-order valence-corrected chi connectivity index (χ2v) is 8.79. The van der Waals surface area contributed by atoms with Crippen LogP contribution in [0, 0.1) is 22.2 Å². The fourth-order valence-electron chi connectivity index (χ4n) is 6.05. The summed E-state index contributed by atoms with van der Waals surface area (Å²) < 4.78 is 5.73. The van der Waals surface area contributed by atoms with Gasteiger partial charge in [0, 0.05) is 22.8 Å². The molecule has 4 unspecified atom stereocenters. The molecule has 4 aliphatic carbocycles. The van der Waals surface area contributed by atoms with E-state index in [9.17, 15) is 9.59 Å². The number of hydrogen-bond acceptors (Lipinski definition) is 3. The van der Waals surface area contributed by atoms with E-state index >= 15 is 0 Å². The molecule has 21 heavy (non-hydrogen) atoms. The molecule has 0 radical (unpaired) electrons. The van der Waals surface area contributed by atoms with Gasteiger partial charge in [-0.1, -0.05) is 20.4 Å². The Morgan fingerprint density at radius 2 is 1.95 bits per heavy atom. The van der Waals surface area contributed by atoms with Gasteiger partial charge in [-0.3, -0.25) is 4.79 Å². The smallest absolute Gasteiger partial charge is 0.330 e. The number of ether oxygens (including phenoxy) is 1. The van der Waals surface area contributed by atoms with Crippen LogP contribution in [-0.2, 0) is 14.3 Å². The summed E-state index contributed by atoms with van der Waals surface area (Å²) in [6.07, 6.45) is 6.00. The molecule has 4 atom stereocenters. The lowest BCUT2D eigenvalue weighted by atomic mass is 9.37. The zero-order valence-electron chi connectivity index (χ0n) is 13.6. The van der Waals surface area contributed by atoms with Crippen LogP contribution in [0.2, 0.25) is 0 Å². The quantitative estimate of drug-likeness (QED) is 0.588. The summed E-state index contributed by atoms with van der Waals surface area (Å²) in [4.78, 5) is 24.4. The first-order valence-electron chi connectivity index (χ1n) is 7.95. The minimum atomic E-state index is -0.555. The van der Waals surface area contributed by atoms with Gasteiger partial charge in [0.15, 0.2) is 0 Å². The highest BCUT2D eigenvalue weighted by Crippen LogP contribution is 2.71. The van der Waals surface area contributed by atoms with E-state index in [1.54, 1.807) is 0 Å². The van der Waals surface area contributed by atoms with Crippen molar-refractivity contribution in [2.24, 2.45) is 22.2 Å². The molecule has 4 fully saturated rings. The molecule has 0 aromatic carbocycles. The van der Waals surface area contributed by atoms with Crippen LogP contribution in [-0.4, -0.2) is 17.4 Å². The summed E-state index contributed by atoms with van der Waals surface area (Å²) in [5, 5.41) is 0. The Balaban J connectivity index is 2.00. The van der Waals surface area contributed by atoms with Gasteiger partial charge in [0.05, 0.1) is 0 Å². The maximum absolute atomic E-state index is 12.7. The number of esters is 1. The number of rotatable bonds is 3. The predicted molar refractivity (Wildman–Crippen MR) is 80.6 cm³/mol. The number of carbonyl (C=O) groups is 2. The Kier molecular flexibility index (Phi) is 2.81. The largest absolute Gasteiger partial charge is 0.456 e. The van der Waals surface area contributed by atoms with Crippen molar-refractivity contribution in [2.75, 3.05) is 0 Å². The SMILES string of the molecule is C=CC(=O)OC(C)(C)C12CC3CC(C)(CC(C)(C1)C3=O)C2. The molecule has 0 amide bonds. The van der Waals surface area contributed by atoms with Gasteiger partial charge >= 0.3 is 5.97 Å². The number of Topliss-reactive ketones (excluding diaryl/α,β-unsaturated/α-hetero) is 1. The highest BCUT2D eigenvalue weighted by Gasteiger charge is 2.68. The molecule has 0 saturated heterocycles. The first-order chi connectivity index (χ1) is 9.55. The van der Waals surface area contributed by atoms with Crippen LogP contribution >= 0.6 is 0 Å². The van der Waals surface area contributed by atoms with E-state index in [0.717, 1.165) is 32.1 Å². The first-order valence-corrected chi connectivity index (χ1v) is 7.95. The third-order valence-corrected chi connectivity index (χ3v) is 6.45. The van der Waals surface area contributed by atoms with Crippen molar-refractivity contribution >= 4 is 11.8 Å². The van der Waals surface area contributed by atoms with Crippen LogP contribution < -0.4 is 0 Å². The minimum Gasteiger partial charge on any atom is -0.456 e. The molecule has 4 saturated carbocycles. The predicted octanol–water partition coefficient (Wildman–Crippen LogP) is 3.67. The third kappa shape index (κ3) is 1.92. The topological polar surface area (TPSA) is 43.4 Å². The second-order valence-electron chi connectivity index (χ2n) is 8.79. The van der Waals surface area contributed by atoms with Gasteiger partial charge < -0.3 is 4.74 Å². The lowest BCUT2D eigenvalue weighted by Gasteiger charge is -2.67. The van der Waals surface area contributed by atoms with Crippen LogP contribution in [0.1, 0.15) is 59.8 Å². The summed E-state index contributed by atoms with van der Waals surface area (Å²) in [6.45, 7) is 12.0. The van der Waals surface area contributed by atoms with Crippen molar-refractivity contribution in [2.45, 2.75) is 65.4 Å². The lowest BCUT2D eigenvalue weighted by Crippen LogP contribution is -2.66. The molecule has 0 spiro atoms. The van der Waals surface area contributed by atoms with Crippen LogP contribution in [0.25, 0.3) is 0 Å². The summed E-state index contributed by atoms with van der Waals surface area (Å²) >= 11 is 0. The standard InChI is InChI=1S/C18H26O3/c1-6-13(19)21-15(2,3)18-8-12-7-16(4,10-18)9-17(5,11-18)14(12)20/h6,12H,1,7-11H2,2-5H3. The van der Waals surface area contributed by atoms with Gasteiger partial charge in [0.1, 0.15) is 11.4 Å². The molecule has 0 aromatic rings. The van der Waals surface area contributed by atoms with Gasteiger partial charge in [-0.25, -0.2) is 4.79 Å². The fraction of sp³-hybridized carbons (Fsp3) is 0.778. The average molecular weight is 290 g/mol. The molecule has 3 heteroatoms. The lowest BCUT2D eigenvalue weighted by molar-refractivity contribution is -0.220. The van der Waals surface area contributed by atoms with Crippen LogP contribution in [0.3, 0.4) is 0 Å². The molecule has 3 nitrogen and oxygen atoms in total. The zero-order valence-corrected chi connectivity index (χ0v) is 13.6. The summed E-state index contributed by atoms with van der Waals surface area (Å²) in [5.41, 5.74) is -0.654. The maximum Gasteiger partial charge on any atom is 0.330 e. The first kappa shape index (κ1) is 14.8.